The lowest BCUT2D eigenvalue weighted by Gasteiger charge is -2.07. The molecule has 0 spiro atoms. The Morgan fingerprint density at radius 3 is 2.58 bits per heavy atom. The van der Waals surface area contributed by atoms with Crippen LogP contribution < -0.4 is 9.54 Å². The number of ether oxygens (including phenoxy) is 2. The zero-order valence-corrected chi connectivity index (χ0v) is 19.4. The molecule has 0 fully saturated rings. The van der Waals surface area contributed by atoms with Crippen LogP contribution in [0.15, 0.2) is 41.4 Å². The second-order valence-corrected chi connectivity index (χ2v) is 8.65. The van der Waals surface area contributed by atoms with E-state index in [1.165, 1.54) is 16.9 Å². The summed E-state index contributed by atoms with van der Waals surface area (Å²) in [6, 6.07) is 11.8. The number of nitrogens with zero attached hydrogens (tertiary/aromatic N) is 2. The maximum Gasteiger partial charge on any atom is 0.326 e. The highest BCUT2D eigenvalue weighted by Gasteiger charge is 2.14. The Balaban J connectivity index is 1.99. The first-order valence-corrected chi connectivity index (χ1v) is 11.1. The summed E-state index contributed by atoms with van der Waals surface area (Å²) in [6.07, 6.45) is 0.176. The van der Waals surface area contributed by atoms with Crippen molar-refractivity contribution in [2.75, 3.05) is 13.7 Å². The van der Waals surface area contributed by atoms with E-state index in [2.05, 4.69) is 24.9 Å². The van der Waals surface area contributed by atoms with Gasteiger partial charge in [0.15, 0.2) is 4.80 Å². The third kappa shape index (κ3) is 5.41. The molecule has 0 bridgehead atoms. The third-order valence-corrected chi connectivity index (χ3v) is 6.04. The smallest absolute Gasteiger partial charge is 0.326 e. The number of carbonyl (C=O) groups is 2. The van der Waals surface area contributed by atoms with Crippen LogP contribution >= 0.6 is 11.3 Å². The molecular formula is C24H28N2O4S. The van der Waals surface area contributed by atoms with Gasteiger partial charge in [0.05, 0.1) is 30.4 Å². The van der Waals surface area contributed by atoms with Crippen LogP contribution in [0.25, 0.3) is 10.2 Å². The number of thiazole rings is 1. The minimum absolute atomic E-state index is 0.0165. The fraction of sp³-hybridized carbons (Fsp3) is 0.375. The fourth-order valence-electron chi connectivity index (χ4n) is 3.39. The van der Waals surface area contributed by atoms with Crippen LogP contribution in [0, 0.1) is 6.92 Å². The molecule has 0 saturated heterocycles. The standard InChI is InChI=1S/C24H28N2O4S/c1-6-30-23(28)14-26-19-9-8-18(15(2)3)13-21(19)31-24(26)25-22(27)12-17-7-10-20(29-5)16(4)11-17/h7-11,13,15H,6,12,14H2,1-5H3. The summed E-state index contributed by atoms with van der Waals surface area (Å²) in [7, 11) is 1.62. The molecule has 0 N–H and O–H groups in total. The van der Waals surface area contributed by atoms with Crippen molar-refractivity contribution in [2.24, 2.45) is 4.99 Å². The molecule has 1 amide bonds. The van der Waals surface area contributed by atoms with Gasteiger partial charge in [-0.15, -0.1) is 0 Å². The number of esters is 1. The van der Waals surface area contributed by atoms with Crippen molar-refractivity contribution in [1.82, 2.24) is 4.57 Å². The van der Waals surface area contributed by atoms with Gasteiger partial charge in [-0.25, -0.2) is 0 Å². The topological polar surface area (TPSA) is 69.9 Å². The lowest BCUT2D eigenvalue weighted by atomic mass is 10.0. The number of methoxy groups -OCH3 is 1. The van der Waals surface area contributed by atoms with Crippen molar-refractivity contribution in [3.8, 4) is 5.75 Å². The number of aryl methyl sites for hydroxylation is 1. The summed E-state index contributed by atoms with van der Waals surface area (Å²) in [6.45, 7) is 8.30. The van der Waals surface area contributed by atoms with Gasteiger partial charge in [0.1, 0.15) is 12.3 Å². The summed E-state index contributed by atoms with van der Waals surface area (Å²) >= 11 is 1.41. The molecule has 0 atom stereocenters. The highest BCUT2D eigenvalue weighted by atomic mass is 32.1. The molecule has 1 aromatic heterocycles. The van der Waals surface area contributed by atoms with Crippen LogP contribution in [0.2, 0.25) is 0 Å². The number of hydrogen-bond donors (Lipinski definition) is 0. The van der Waals surface area contributed by atoms with Gasteiger partial charge in [-0.05, 0) is 54.7 Å². The number of benzene rings is 2. The minimum Gasteiger partial charge on any atom is -0.496 e. The molecule has 0 unspecified atom stereocenters. The lowest BCUT2D eigenvalue weighted by molar-refractivity contribution is -0.143. The summed E-state index contributed by atoms with van der Waals surface area (Å²) in [5.41, 5.74) is 3.90. The van der Waals surface area contributed by atoms with Crippen molar-refractivity contribution in [1.29, 1.82) is 0 Å². The Bertz CT molecular complexity index is 1170. The van der Waals surface area contributed by atoms with Gasteiger partial charge in [-0.1, -0.05) is 43.4 Å². The Morgan fingerprint density at radius 2 is 1.94 bits per heavy atom. The number of carbonyl (C=O) groups excluding carboxylic acids is 2. The third-order valence-electron chi connectivity index (χ3n) is 5.00. The molecule has 31 heavy (non-hydrogen) atoms. The number of amides is 1. The molecule has 2 aromatic carbocycles. The van der Waals surface area contributed by atoms with E-state index in [0.717, 1.165) is 27.1 Å². The first kappa shape index (κ1) is 22.7. The first-order chi connectivity index (χ1) is 14.8. The first-order valence-electron chi connectivity index (χ1n) is 10.3. The summed E-state index contributed by atoms with van der Waals surface area (Å²) < 4.78 is 13.2. The van der Waals surface area contributed by atoms with Gasteiger partial charge in [0.25, 0.3) is 5.91 Å². The maximum atomic E-state index is 12.7. The monoisotopic (exact) mass is 440 g/mol. The SMILES string of the molecule is CCOC(=O)Cn1c(=NC(=O)Cc2ccc(OC)c(C)c2)sc2cc(C(C)C)ccc21. The van der Waals surface area contributed by atoms with Crippen molar-refractivity contribution >= 4 is 33.4 Å². The van der Waals surface area contributed by atoms with Crippen molar-refractivity contribution < 1.29 is 19.1 Å². The van der Waals surface area contributed by atoms with Crippen LogP contribution in [0.1, 0.15) is 43.4 Å². The average molecular weight is 441 g/mol. The van der Waals surface area contributed by atoms with Crippen LogP contribution in [0.3, 0.4) is 0 Å². The minimum atomic E-state index is -0.352. The van der Waals surface area contributed by atoms with Gasteiger partial charge >= 0.3 is 5.97 Å². The zero-order chi connectivity index (χ0) is 22.5. The average Bonchev–Trinajstić information content (AvgIpc) is 3.04. The Morgan fingerprint density at radius 1 is 1.16 bits per heavy atom. The van der Waals surface area contributed by atoms with E-state index in [-0.39, 0.29) is 24.8 Å². The van der Waals surface area contributed by atoms with Crippen molar-refractivity contribution in [2.45, 2.75) is 46.6 Å². The number of aromatic nitrogens is 1. The molecule has 6 nitrogen and oxygen atoms in total. The maximum absolute atomic E-state index is 12.7. The molecule has 7 heteroatoms. The number of rotatable bonds is 7. The molecule has 1 heterocycles. The van der Waals surface area contributed by atoms with Gasteiger partial charge in [-0.2, -0.15) is 4.99 Å². The zero-order valence-electron chi connectivity index (χ0n) is 18.6. The van der Waals surface area contributed by atoms with E-state index < -0.39 is 0 Å². The molecule has 3 rings (SSSR count). The lowest BCUT2D eigenvalue weighted by Crippen LogP contribution is -2.23. The Hall–Kier alpha value is -2.93. The summed E-state index contributed by atoms with van der Waals surface area (Å²) in [5.74, 6) is 0.545. The van der Waals surface area contributed by atoms with Crippen molar-refractivity contribution in [3.05, 3.63) is 57.9 Å². The largest absolute Gasteiger partial charge is 0.496 e. The van der Waals surface area contributed by atoms with E-state index in [1.807, 2.05) is 37.3 Å². The predicted molar refractivity (Wildman–Crippen MR) is 123 cm³/mol. The van der Waals surface area contributed by atoms with Crippen LogP contribution in [-0.4, -0.2) is 30.2 Å². The van der Waals surface area contributed by atoms with Gasteiger partial charge < -0.3 is 14.0 Å². The van der Waals surface area contributed by atoms with Crippen LogP contribution in [-0.2, 0) is 27.3 Å². The van der Waals surface area contributed by atoms with Gasteiger partial charge in [0, 0.05) is 0 Å². The van der Waals surface area contributed by atoms with Gasteiger partial charge in [-0.3, -0.25) is 9.59 Å². The molecule has 0 aliphatic carbocycles. The van der Waals surface area contributed by atoms with Crippen molar-refractivity contribution in [3.63, 3.8) is 0 Å². The Labute approximate surface area is 186 Å². The molecule has 0 aliphatic rings. The van der Waals surface area contributed by atoms with Crippen LogP contribution in [0.5, 0.6) is 5.75 Å². The predicted octanol–water partition coefficient (Wildman–Crippen LogP) is 4.38. The molecule has 0 radical (unpaired) electrons. The van der Waals surface area contributed by atoms with Gasteiger partial charge in [0.2, 0.25) is 0 Å². The fourth-order valence-corrected chi connectivity index (χ4v) is 4.49. The quantitative estimate of drug-likeness (QED) is 0.512. The van der Waals surface area contributed by atoms with E-state index in [0.29, 0.717) is 17.3 Å². The second-order valence-electron chi connectivity index (χ2n) is 7.64. The van der Waals surface area contributed by atoms with E-state index in [1.54, 1.807) is 18.6 Å². The van der Waals surface area contributed by atoms with E-state index in [4.69, 9.17) is 9.47 Å². The highest BCUT2D eigenvalue weighted by molar-refractivity contribution is 7.16. The summed E-state index contributed by atoms with van der Waals surface area (Å²) in [4.78, 5) is 29.8. The van der Waals surface area contributed by atoms with Crippen LogP contribution in [0.4, 0.5) is 0 Å². The normalized spacial score (nSPS) is 11.9. The van der Waals surface area contributed by atoms with E-state index in [9.17, 15) is 9.59 Å². The highest BCUT2D eigenvalue weighted by Crippen LogP contribution is 2.24. The summed E-state index contributed by atoms with van der Waals surface area (Å²) in [5, 5.41) is 0. The molecule has 0 saturated carbocycles. The second kappa shape index (κ2) is 9.92. The molecular weight excluding hydrogens is 412 g/mol. The Kier molecular flexibility index (Phi) is 7.28. The molecule has 0 aliphatic heterocycles. The molecule has 164 valence electrons. The number of fused-ring (bicyclic) bond motifs is 1. The number of hydrogen-bond acceptors (Lipinski definition) is 5. The molecule has 3 aromatic rings. The van der Waals surface area contributed by atoms with E-state index >= 15 is 0 Å².